The molecule has 170 valence electrons. The molecule has 0 unspecified atom stereocenters. The summed E-state index contributed by atoms with van der Waals surface area (Å²) in [5.74, 6) is -0.964. The van der Waals surface area contributed by atoms with Crippen LogP contribution in [-0.2, 0) is 15.8 Å². The van der Waals surface area contributed by atoms with E-state index >= 15 is 0 Å². The van der Waals surface area contributed by atoms with Crippen molar-refractivity contribution in [1.82, 2.24) is 20.0 Å². The number of imide groups is 1. The number of halogens is 3. The van der Waals surface area contributed by atoms with Crippen LogP contribution in [0.15, 0.2) is 36.7 Å². The van der Waals surface area contributed by atoms with Gasteiger partial charge in [0.25, 0.3) is 5.91 Å². The maximum absolute atomic E-state index is 13.2. The first-order valence-electron chi connectivity index (χ1n) is 10.3. The first-order chi connectivity index (χ1) is 15.2. The lowest BCUT2D eigenvalue weighted by Crippen LogP contribution is -2.48. The van der Waals surface area contributed by atoms with Crippen molar-refractivity contribution in [2.75, 3.05) is 11.9 Å². The lowest BCUT2D eigenvalue weighted by atomic mass is 9.82. The van der Waals surface area contributed by atoms with E-state index in [2.05, 4.69) is 15.7 Å². The molecule has 2 fully saturated rings. The van der Waals surface area contributed by atoms with E-state index in [1.807, 2.05) is 0 Å². The molecule has 1 saturated heterocycles. The summed E-state index contributed by atoms with van der Waals surface area (Å²) in [6.07, 6.45) is 1.98. The van der Waals surface area contributed by atoms with Gasteiger partial charge < -0.3 is 10.6 Å². The molecule has 2 aromatic rings. The third kappa shape index (κ3) is 4.19. The Hall–Kier alpha value is -3.37. The van der Waals surface area contributed by atoms with Crippen LogP contribution >= 0.6 is 0 Å². The number of hydrogen-bond acceptors (Lipinski definition) is 4. The Morgan fingerprint density at radius 3 is 2.59 bits per heavy atom. The van der Waals surface area contributed by atoms with Crippen LogP contribution in [0.5, 0.6) is 0 Å². The number of nitrogens with one attached hydrogen (secondary N) is 2. The molecule has 1 aromatic heterocycles. The molecule has 4 rings (SSSR count). The standard InChI is InChI=1S/C21H22F3N5O3/c22-21(23,24)14-5-6-16(29-11-4-10-25-29)15(13-14)26-17(30)7-12-28-18(31)20(27-19(28)32)8-2-1-3-9-20/h4-6,10-11,13H,1-3,7-9,12H2,(H,26,30)(H,27,32). The van der Waals surface area contributed by atoms with Gasteiger partial charge in [0, 0.05) is 25.4 Å². The van der Waals surface area contributed by atoms with Crippen molar-refractivity contribution in [3.8, 4) is 5.69 Å². The van der Waals surface area contributed by atoms with Crippen molar-refractivity contribution in [2.24, 2.45) is 0 Å². The van der Waals surface area contributed by atoms with Gasteiger partial charge in [-0.05, 0) is 37.1 Å². The topological polar surface area (TPSA) is 96.3 Å². The second kappa shape index (κ2) is 8.29. The number of aromatic nitrogens is 2. The molecular formula is C21H22F3N5O3. The third-order valence-electron chi connectivity index (χ3n) is 5.86. The fourth-order valence-corrected chi connectivity index (χ4v) is 4.22. The third-order valence-corrected chi connectivity index (χ3v) is 5.86. The number of nitrogens with zero attached hydrogens (tertiary/aromatic N) is 3. The molecule has 32 heavy (non-hydrogen) atoms. The zero-order valence-electron chi connectivity index (χ0n) is 17.1. The van der Waals surface area contributed by atoms with Crippen LogP contribution in [0.1, 0.15) is 44.1 Å². The summed E-state index contributed by atoms with van der Waals surface area (Å²) >= 11 is 0. The zero-order chi connectivity index (χ0) is 22.9. The molecule has 11 heteroatoms. The molecule has 1 spiro atoms. The van der Waals surface area contributed by atoms with Crippen LogP contribution in [0.4, 0.5) is 23.7 Å². The van der Waals surface area contributed by atoms with Crippen molar-refractivity contribution in [2.45, 2.75) is 50.2 Å². The fraction of sp³-hybridized carbons (Fsp3) is 0.429. The number of alkyl halides is 3. The normalized spacial score (nSPS) is 18.2. The first-order valence-corrected chi connectivity index (χ1v) is 10.3. The summed E-state index contributed by atoms with van der Waals surface area (Å²) in [6, 6.07) is 4.02. The smallest absolute Gasteiger partial charge is 0.324 e. The Kier molecular flexibility index (Phi) is 5.66. The number of benzene rings is 1. The van der Waals surface area contributed by atoms with Crippen molar-refractivity contribution >= 4 is 23.5 Å². The highest BCUT2D eigenvalue weighted by atomic mass is 19.4. The van der Waals surface area contributed by atoms with E-state index in [1.165, 1.54) is 23.1 Å². The molecule has 2 aliphatic rings. The second-order valence-corrected chi connectivity index (χ2v) is 8.01. The van der Waals surface area contributed by atoms with Crippen LogP contribution in [0.2, 0.25) is 0 Å². The second-order valence-electron chi connectivity index (χ2n) is 8.01. The van der Waals surface area contributed by atoms with Gasteiger partial charge >= 0.3 is 12.2 Å². The van der Waals surface area contributed by atoms with Crippen molar-refractivity contribution < 1.29 is 27.6 Å². The Labute approximate surface area is 181 Å². The average molecular weight is 449 g/mol. The molecule has 1 saturated carbocycles. The summed E-state index contributed by atoms with van der Waals surface area (Å²) < 4.78 is 40.8. The lowest BCUT2D eigenvalue weighted by Gasteiger charge is -2.30. The van der Waals surface area contributed by atoms with Crippen molar-refractivity contribution in [1.29, 1.82) is 0 Å². The molecule has 1 aromatic carbocycles. The van der Waals surface area contributed by atoms with Gasteiger partial charge in [-0.1, -0.05) is 19.3 Å². The van der Waals surface area contributed by atoms with Crippen LogP contribution in [0.3, 0.4) is 0 Å². The van der Waals surface area contributed by atoms with E-state index in [0.29, 0.717) is 12.8 Å². The molecule has 0 radical (unpaired) electrons. The summed E-state index contributed by atoms with van der Waals surface area (Å²) in [4.78, 5) is 38.7. The van der Waals surface area contributed by atoms with Crippen LogP contribution in [0, 0.1) is 0 Å². The first kappa shape index (κ1) is 21.8. The Morgan fingerprint density at radius 1 is 1.19 bits per heavy atom. The minimum atomic E-state index is -4.59. The maximum Gasteiger partial charge on any atom is 0.416 e. The number of anilines is 1. The molecule has 0 bridgehead atoms. The van der Waals surface area contributed by atoms with E-state index in [4.69, 9.17) is 0 Å². The maximum atomic E-state index is 13.2. The van der Waals surface area contributed by atoms with Crippen molar-refractivity contribution in [3.63, 3.8) is 0 Å². The molecule has 1 aliphatic carbocycles. The van der Waals surface area contributed by atoms with E-state index in [1.54, 1.807) is 6.07 Å². The Balaban J connectivity index is 1.47. The lowest BCUT2D eigenvalue weighted by molar-refractivity contribution is -0.137. The molecule has 0 atom stereocenters. The predicted octanol–water partition coefficient (Wildman–Crippen LogP) is 3.47. The van der Waals surface area contributed by atoms with Crippen LogP contribution in [-0.4, -0.2) is 44.6 Å². The number of hydrogen-bond donors (Lipinski definition) is 2. The van der Waals surface area contributed by atoms with Gasteiger partial charge in [0.2, 0.25) is 5.91 Å². The Bertz CT molecular complexity index is 1030. The molecule has 2 heterocycles. The van der Waals surface area contributed by atoms with Gasteiger partial charge in [0.15, 0.2) is 0 Å². The zero-order valence-corrected chi connectivity index (χ0v) is 17.1. The minimum absolute atomic E-state index is 0.0746. The molecule has 2 N–H and O–H groups in total. The number of carbonyl (C=O) groups excluding carboxylic acids is 3. The summed E-state index contributed by atoms with van der Waals surface area (Å²) in [7, 11) is 0. The largest absolute Gasteiger partial charge is 0.416 e. The van der Waals surface area contributed by atoms with E-state index in [-0.39, 0.29) is 30.2 Å². The highest BCUT2D eigenvalue weighted by molar-refractivity contribution is 6.07. The quantitative estimate of drug-likeness (QED) is 0.684. The van der Waals surface area contributed by atoms with E-state index in [9.17, 15) is 27.6 Å². The van der Waals surface area contributed by atoms with E-state index in [0.717, 1.165) is 36.3 Å². The summed E-state index contributed by atoms with van der Waals surface area (Å²) in [5, 5.41) is 9.23. The molecule has 1 aliphatic heterocycles. The monoisotopic (exact) mass is 449 g/mol. The van der Waals surface area contributed by atoms with Gasteiger partial charge in [-0.3, -0.25) is 14.5 Å². The number of urea groups is 1. The van der Waals surface area contributed by atoms with Gasteiger partial charge in [0.05, 0.1) is 16.9 Å². The van der Waals surface area contributed by atoms with Gasteiger partial charge in [0.1, 0.15) is 5.54 Å². The summed E-state index contributed by atoms with van der Waals surface area (Å²) in [6.45, 7) is -0.158. The number of carbonyl (C=O) groups is 3. The van der Waals surface area contributed by atoms with Gasteiger partial charge in [-0.2, -0.15) is 18.3 Å². The van der Waals surface area contributed by atoms with E-state index < -0.39 is 29.2 Å². The highest BCUT2D eigenvalue weighted by Crippen LogP contribution is 2.35. The minimum Gasteiger partial charge on any atom is -0.324 e. The number of amides is 4. The SMILES string of the molecule is O=C(CCN1C(=O)NC2(CCCCC2)C1=O)Nc1cc(C(F)(F)F)ccc1-n1cccn1. The molecule has 8 nitrogen and oxygen atoms in total. The average Bonchev–Trinajstić information content (AvgIpc) is 3.35. The van der Waals surface area contributed by atoms with Gasteiger partial charge in [-0.25, -0.2) is 9.48 Å². The Morgan fingerprint density at radius 2 is 1.94 bits per heavy atom. The highest BCUT2D eigenvalue weighted by Gasteiger charge is 2.51. The summed E-state index contributed by atoms with van der Waals surface area (Å²) in [5.41, 5.74) is -1.63. The van der Waals surface area contributed by atoms with Crippen LogP contribution in [0.25, 0.3) is 5.69 Å². The van der Waals surface area contributed by atoms with Crippen molar-refractivity contribution in [3.05, 3.63) is 42.2 Å². The predicted molar refractivity (Wildman–Crippen MR) is 108 cm³/mol. The van der Waals surface area contributed by atoms with Gasteiger partial charge in [-0.15, -0.1) is 0 Å². The fourth-order valence-electron chi connectivity index (χ4n) is 4.22. The molecule has 4 amide bonds. The number of rotatable bonds is 5. The van der Waals surface area contributed by atoms with Crippen LogP contribution < -0.4 is 10.6 Å². The molecular weight excluding hydrogens is 427 g/mol.